The van der Waals surface area contributed by atoms with Gasteiger partial charge in [0.1, 0.15) is 0 Å². The standard InChI is InChI=1S/C9H13N/c1-3-4-5-9-7-10-6-8(9)2/h3-6,8H,7H2,1-2H3. The van der Waals surface area contributed by atoms with Gasteiger partial charge in [-0.05, 0) is 12.5 Å². The molecule has 0 radical (unpaired) electrons. The molecule has 0 saturated heterocycles. The molecule has 0 amide bonds. The Kier molecular flexibility index (Phi) is 2.43. The molecule has 1 aliphatic rings. The fourth-order valence-corrected chi connectivity index (χ4v) is 0.980. The highest BCUT2D eigenvalue weighted by Gasteiger charge is 2.08. The van der Waals surface area contributed by atoms with Crippen molar-refractivity contribution in [3.8, 4) is 0 Å². The molecule has 0 aromatic carbocycles. The van der Waals surface area contributed by atoms with Crippen molar-refractivity contribution in [3.63, 3.8) is 0 Å². The van der Waals surface area contributed by atoms with Gasteiger partial charge in [-0.15, -0.1) is 0 Å². The van der Waals surface area contributed by atoms with Gasteiger partial charge in [-0.25, -0.2) is 0 Å². The number of nitrogens with zero attached hydrogens (tertiary/aromatic N) is 1. The zero-order valence-electron chi connectivity index (χ0n) is 6.54. The smallest absolute Gasteiger partial charge is 0.0605 e. The first-order valence-electron chi connectivity index (χ1n) is 3.66. The summed E-state index contributed by atoms with van der Waals surface area (Å²) < 4.78 is 0. The maximum Gasteiger partial charge on any atom is 0.0605 e. The Balaban J connectivity index is 2.58. The molecule has 0 bridgehead atoms. The van der Waals surface area contributed by atoms with Crippen molar-refractivity contribution in [2.75, 3.05) is 6.54 Å². The molecule has 1 unspecified atom stereocenters. The predicted octanol–water partition coefficient (Wildman–Crippen LogP) is 2.21. The molecule has 0 fully saturated rings. The molecule has 0 N–H and O–H groups in total. The maximum absolute atomic E-state index is 4.17. The van der Waals surface area contributed by atoms with Crippen LogP contribution in [-0.4, -0.2) is 12.8 Å². The lowest BCUT2D eigenvalue weighted by Gasteiger charge is -1.98. The van der Waals surface area contributed by atoms with Gasteiger partial charge in [0.05, 0.1) is 6.54 Å². The van der Waals surface area contributed by atoms with Crippen molar-refractivity contribution in [3.05, 3.63) is 23.8 Å². The fourth-order valence-electron chi connectivity index (χ4n) is 0.980. The van der Waals surface area contributed by atoms with Crippen LogP contribution in [0.4, 0.5) is 0 Å². The van der Waals surface area contributed by atoms with Crippen molar-refractivity contribution in [2.24, 2.45) is 10.9 Å². The lowest BCUT2D eigenvalue weighted by molar-refractivity contribution is 0.950. The van der Waals surface area contributed by atoms with E-state index in [1.165, 1.54) is 5.57 Å². The first-order chi connectivity index (χ1) is 4.84. The van der Waals surface area contributed by atoms with Gasteiger partial charge in [0.15, 0.2) is 0 Å². The molecule has 0 aromatic rings. The van der Waals surface area contributed by atoms with Gasteiger partial charge < -0.3 is 0 Å². The Morgan fingerprint density at radius 3 is 3.00 bits per heavy atom. The summed E-state index contributed by atoms with van der Waals surface area (Å²) in [5.74, 6) is 0.552. The monoisotopic (exact) mass is 135 g/mol. The van der Waals surface area contributed by atoms with E-state index in [-0.39, 0.29) is 0 Å². The SMILES string of the molecule is CC=CC=C1CN=CC1C. The number of hydrogen-bond donors (Lipinski definition) is 0. The van der Waals surface area contributed by atoms with E-state index < -0.39 is 0 Å². The van der Waals surface area contributed by atoms with Crippen molar-refractivity contribution < 1.29 is 0 Å². The molecule has 54 valence electrons. The highest BCUT2D eigenvalue weighted by molar-refractivity contribution is 5.68. The normalized spacial score (nSPS) is 29.0. The maximum atomic E-state index is 4.17. The van der Waals surface area contributed by atoms with Crippen LogP contribution < -0.4 is 0 Å². The lowest BCUT2D eigenvalue weighted by Crippen LogP contribution is -1.93. The highest BCUT2D eigenvalue weighted by Crippen LogP contribution is 2.14. The predicted molar refractivity (Wildman–Crippen MR) is 45.4 cm³/mol. The minimum atomic E-state index is 0.552. The molecular weight excluding hydrogens is 122 g/mol. The number of rotatable bonds is 1. The van der Waals surface area contributed by atoms with Gasteiger partial charge in [0, 0.05) is 12.1 Å². The average Bonchev–Trinajstić information content (AvgIpc) is 2.31. The molecule has 10 heavy (non-hydrogen) atoms. The van der Waals surface area contributed by atoms with Crippen LogP contribution in [0.3, 0.4) is 0 Å². The van der Waals surface area contributed by atoms with Crippen molar-refractivity contribution >= 4 is 6.21 Å². The van der Waals surface area contributed by atoms with Crippen LogP contribution in [-0.2, 0) is 0 Å². The minimum absolute atomic E-state index is 0.552. The summed E-state index contributed by atoms with van der Waals surface area (Å²) in [6.45, 7) is 5.09. The van der Waals surface area contributed by atoms with Gasteiger partial charge in [-0.2, -0.15) is 0 Å². The Labute approximate surface area is 62.2 Å². The van der Waals surface area contributed by atoms with Gasteiger partial charge in [0.25, 0.3) is 0 Å². The zero-order chi connectivity index (χ0) is 7.40. The Morgan fingerprint density at radius 2 is 2.50 bits per heavy atom. The summed E-state index contributed by atoms with van der Waals surface area (Å²) >= 11 is 0. The highest BCUT2D eigenvalue weighted by atomic mass is 14.7. The van der Waals surface area contributed by atoms with E-state index in [0.717, 1.165) is 6.54 Å². The second kappa shape index (κ2) is 3.35. The molecular formula is C9H13N. The second-order valence-corrected chi connectivity index (χ2v) is 2.55. The number of hydrogen-bond acceptors (Lipinski definition) is 1. The van der Waals surface area contributed by atoms with Crippen molar-refractivity contribution in [2.45, 2.75) is 13.8 Å². The molecule has 1 aliphatic heterocycles. The zero-order valence-corrected chi connectivity index (χ0v) is 6.54. The van der Waals surface area contributed by atoms with Gasteiger partial charge in [-0.3, -0.25) is 4.99 Å². The van der Waals surface area contributed by atoms with Gasteiger partial charge in [0.2, 0.25) is 0 Å². The van der Waals surface area contributed by atoms with Crippen molar-refractivity contribution in [1.82, 2.24) is 0 Å². The summed E-state index contributed by atoms with van der Waals surface area (Å²) in [4.78, 5) is 4.17. The van der Waals surface area contributed by atoms with Crippen molar-refractivity contribution in [1.29, 1.82) is 0 Å². The number of allylic oxidation sites excluding steroid dienone is 3. The van der Waals surface area contributed by atoms with E-state index in [1.54, 1.807) is 0 Å². The number of aliphatic imine (C=N–C) groups is 1. The minimum Gasteiger partial charge on any atom is -0.292 e. The third-order valence-corrected chi connectivity index (χ3v) is 1.69. The third-order valence-electron chi connectivity index (χ3n) is 1.69. The van der Waals surface area contributed by atoms with E-state index >= 15 is 0 Å². The Bertz CT molecular complexity index is 187. The molecule has 0 saturated carbocycles. The van der Waals surface area contributed by atoms with E-state index in [0.29, 0.717) is 5.92 Å². The molecule has 0 aliphatic carbocycles. The van der Waals surface area contributed by atoms with Crippen LogP contribution in [0.2, 0.25) is 0 Å². The van der Waals surface area contributed by atoms with E-state index in [4.69, 9.17) is 0 Å². The third kappa shape index (κ3) is 1.56. The van der Waals surface area contributed by atoms with Gasteiger partial charge in [-0.1, -0.05) is 25.2 Å². The quantitative estimate of drug-likeness (QED) is 0.522. The molecule has 0 spiro atoms. The summed E-state index contributed by atoms with van der Waals surface area (Å²) in [6.07, 6.45) is 8.27. The summed E-state index contributed by atoms with van der Waals surface area (Å²) in [6, 6.07) is 0. The van der Waals surface area contributed by atoms with E-state index in [9.17, 15) is 0 Å². The first-order valence-corrected chi connectivity index (χ1v) is 3.66. The van der Waals surface area contributed by atoms with Gasteiger partial charge >= 0.3 is 0 Å². The lowest BCUT2D eigenvalue weighted by atomic mass is 10.1. The summed E-state index contributed by atoms with van der Waals surface area (Å²) in [5, 5.41) is 0. The molecule has 0 aromatic heterocycles. The molecule has 1 heterocycles. The van der Waals surface area contributed by atoms with Crippen LogP contribution in [0, 0.1) is 5.92 Å². The fraction of sp³-hybridized carbons (Fsp3) is 0.444. The second-order valence-electron chi connectivity index (χ2n) is 2.55. The molecule has 1 rings (SSSR count). The summed E-state index contributed by atoms with van der Waals surface area (Å²) in [5.41, 5.74) is 1.41. The van der Waals surface area contributed by atoms with Crippen LogP contribution >= 0.6 is 0 Å². The summed E-state index contributed by atoms with van der Waals surface area (Å²) in [7, 11) is 0. The molecule has 1 heteroatoms. The van der Waals surface area contributed by atoms with Crippen LogP contribution in [0.25, 0.3) is 0 Å². The van der Waals surface area contributed by atoms with Crippen LogP contribution in [0.15, 0.2) is 28.8 Å². The van der Waals surface area contributed by atoms with E-state index in [1.807, 2.05) is 19.2 Å². The Morgan fingerprint density at radius 1 is 1.70 bits per heavy atom. The first kappa shape index (κ1) is 7.26. The molecule has 1 atom stereocenters. The Hall–Kier alpha value is -0.850. The van der Waals surface area contributed by atoms with E-state index in [2.05, 4.69) is 24.1 Å². The van der Waals surface area contributed by atoms with Crippen LogP contribution in [0.5, 0.6) is 0 Å². The topological polar surface area (TPSA) is 12.4 Å². The largest absolute Gasteiger partial charge is 0.292 e. The van der Waals surface area contributed by atoms with Crippen LogP contribution in [0.1, 0.15) is 13.8 Å². The molecule has 1 nitrogen and oxygen atoms in total. The average molecular weight is 135 g/mol.